The van der Waals surface area contributed by atoms with E-state index in [2.05, 4.69) is 15.9 Å². The third-order valence-electron chi connectivity index (χ3n) is 1.66. The maximum absolute atomic E-state index is 10.8. The number of rotatable bonds is 2. The van der Waals surface area contributed by atoms with Crippen molar-refractivity contribution >= 4 is 21.9 Å². The van der Waals surface area contributed by atoms with Crippen molar-refractivity contribution in [2.45, 2.75) is 0 Å². The monoisotopic (exact) mass is 255 g/mol. The minimum atomic E-state index is -1.16. The highest BCUT2D eigenvalue weighted by Crippen LogP contribution is 2.28. The van der Waals surface area contributed by atoms with Crippen LogP contribution in [0.15, 0.2) is 16.6 Å². The normalized spacial score (nSPS) is 9.21. The first kappa shape index (κ1) is 10.5. The number of carbonyl (C=O) groups is 1. The molecule has 0 fully saturated rings. The van der Waals surface area contributed by atoms with Gasteiger partial charge in [0.25, 0.3) is 0 Å². The number of hydrogen-bond acceptors (Lipinski definition) is 3. The van der Waals surface area contributed by atoms with Gasteiger partial charge < -0.3 is 9.84 Å². The van der Waals surface area contributed by atoms with Gasteiger partial charge in [0.2, 0.25) is 0 Å². The molecule has 0 spiro atoms. The molecular formula is C9H6BrNO3. The number of hydrogen-bond donors (Lipinski definition) is 1. The van der Waals surface area contributed by atoms with Crippen LogP contribution in [0.1, 0.15) is 15.9 Å². The number of halogens is 1. The van der Waals surface area contributed by atoms with Crippen LogP contribution in [0, 0.1) is 11.3 Å². The Balaban J connectivity index is 3.53. The van der Waals surface area contributed by atoms with Crippen molar-refractivity contribution in [1.29, 1.82) is 5.26 Å². The average molecular weight is 256 g/mol. The first-order chi connectivity index (χ1) is 6.61. The molecule has 0 amide bonds. The maximum Gasteiger partial charge on any atom is 0.338 e. The predicted octanol–water partition coefficient (Wildman–Crippen LogP) is 2.03. The van der Waals surface area contributed by atoms with Crippen LogP contribution >= 0.6 is 15.9 Å². The highest BCUT2D eigenvalue weighted by atomic mass is 79.9. The molecule has 0 unspecified atom stereocenters. The van der Waals surface area contributed by atoms with Crippen molar-refractivity contribution in [2.24, 2.45) is 0 Å². The van der Waals surface area contributed by atoms with Gasteiger partial charge in [-0.15, -0.1) is 0 Å². The number of aromatic carboxylic acids is 1. The minimum Gasteiger partial charge on any atom is -0.495 e. The molecule has 0 aliphatic carbocycles. The van der Waals surface area contributed by atoms with Crippen molar-refractivity contribution in [1.82, 2.24) is 0 Å². The fourth-order valence-electron chi connectivity index (χ4n) is 1.05. The summed E-state index contributed by atoms with van der Waals surface area (Å²) in [5.74, 6) is -0.902. The molecule has 0 bridgehead atoms. The fraction of sp³-hybridized carbons (Fsp3) is 0.111. The van der Waals surface area contributed by atoms with E-state index in [4.69, 9.17) is 15.1 Å². The summed E-state index contributed by atoms with van der Waals surface area (Å²) < 4.78 is 5.24. The van der Waals surface area contributed by atoms with Gasteiger partial charge in [-0.3, -0.25) is 0 Å². The van der Waals surface area contributed by atoms with Gasteiger partial charge in [-0.05, 0) is 28.1 Å². The van der Waals surface area contributed by atoms with E-state index in [9.17, 15) is 4.79 Å². The van der Waals surface area contributed by atoms with Crippen LogP contribution in [-0.2, 0) is 0 Å². The number of methoxy groups -OCH3 is 1. The molecule has 0 aromatic heterocycles. The number of carboxylic acids is 1. The van der Waals surface area contributed by atoms with E-state index in [-0.39, 0.29) is 16.9 Å². The Morgan fingerprint density at radius 1 is 1.64 bits per heavy atom. The molecule has 72 valence electrons. The summed E-state index contributed by atoms with van der Waals surface area (Å²) in [4.78, 5) is 10.8. The molecule has 0 saturated heterocycles. The van der Waals surface area contributed by atoms with Crippen molar-refractivity contribution in [2.75, 3.05) is 7.11 Å². The van der Waals surface area contributed by atoms with E-state index in [1.807, 2.05) is 0 Å². The Labute approximate surface area is 88.9 Å². The molecule has 1 N–H and O–H groups in total. The van der Waals surface area contributed by atoms with E-state index in [0.29, 0.717) is 4.47 Å². The minimum absolute atomic E-state index is 0.0226. The van der Waals surface area contributed by atoms with Gasteiger partial charge in [0.15, 0.2) is 0 Å². The molecule has 1 aromatic rings. The molecule has 1 rings (SSSR count). The fourth-order valence-corrected chi connectivity index (χ4v) is 1.55. The standard InChI is InChI=1S/C9H6BrNO3/c1-14-7-3-2-6(10)8(9(12)13)5(7)4-11/h2-3H,1H3,(H,12,13). The Morgan fingerprint density at radius 3 is 2.71 bits per heavy atom. The summed E-state index contributed by atoms with van der Waals surface area (Å²) in [6, 6.07) is 4.87. The lowest BCUT2D eigenvalue weighted by molar-refractivity contribution is 0.0695. The Morgan fingerprint density at radius 2 is 2.29 bits per heavy atom. The lowest BCUT2D eigenvalue weighted by atomic mass is 10.1. The van der Waals surface area contributed by atoms with Gasteiger partial charge in [-0.1, -0.05) is 0 Å². The maximum atomic E-state index is 10.8. The highest BCUT2D eigenvalue weighted by Gasteiger charge is 2.18. The molecule has 4 nitrogen and oxygen atoms in total. The van der Waals surface area contributed by atoms with Gasteiger partial charge in [0.05, 0.1) is 12.7 Å². The molecule has 0 atom stereocenters. The topological polar surface area (TPSA) is 70.3 Å². The number of ether oxygens (including phenoxy) is 1. The molecule has 0 heterocycles. The number of nitriles is 1. The molecule has 5 heteroatoms. The van der Waals surface area contributed by atoms with Crippen molar-refractivity contribution < 1.29 is 14.6 Å². The second-order valence-electron chi connectivity index (χ2n) is 2.42. The van der Waals surface area contributed by atoms with Gasteiger partial charge in [0.1, 0.15) is 17.4 Å². The zero-order valence-corrected chi connectivity index (χ0v) is 8.83. The zero-order chi connectivity index (χ0) is 10.7. The SMILES string of the molecule is COc1ccc(Br)c(C(=O)O)c1C#N. The van der Waals surface area contributed by atoms with Crippen LogP contribution in [0.4, 0.5) is 0 Å². The average Bonchev–Trinajstić information content (AvgIpc) is 2.16. The van der Waals surface area contributed by atoms with Crippen molar-refractivity contribution in [3.8, 4) is 11.8 Å². The van der Waals surface area contributed by atoms with Gasteiger partial charge in [-0.25, -0.2) is 4.79 Å². The summed E-state index contributed by atoms with van der Waals surface area (Å²) in [5, 5.41) is 17.7. The molecule has 1 aromatic carbocycles. The van der Waals surface area contributed by atoms with E-state index < -0.39 is 5.97 Å². The van der Waals surface area contributed by atoms with Crippen molar-refractivity contribution in [3.05, 3.63) is 27.7 Å². The smallest absolute Gasteiger partial charge is 0.338 e. The lowest BCUT2D eigenvalue weighted by Gasteiger charge is -2.06. The second kappa shape index (κ2) is 4.11. The largest absolute Gasteiger partial charge is 0.495 e. The summed E-state index contributed by atoms with van der Waals surface area (Å²) in [5.41, 5.74) is -0.0544. The van der Waals surface area contributed by atoms with Gasteiger partial charge in [0, 0.05) is 4.47 Å². The van der Waals surface area contributed by atoms with Crippen LogP contribution in [0.3, 0.4) is 0 Å². The third-order valence-corrected chi connectivity index (χ3v) is 2.32. The van der Waals surface area contributed by atoms with Crippen molar-refractivity contribution in [3.63, 3.8) is 0 Å². The van der Waals surface area contributed by atoms with Gasteiger partial charge >= 0.3 is 5.97 Å². The van der Waals surface area contributed by atoms with E-state index in [0.717, 1.165) is 0 Å². The van der Waals surface area contributed by atoms with Crippen LogP contribution < -0.4 is 4.74 Å². The van der Waals surface area contributed by atoms with E-state index in [1.165, 1.54) is 19.2 Å². The van der Waals surface area contributed by atoms with Crippen LogP contribution in [0.2, 0.25) is 0 Å². The Hall–Kier alpha value is -1.54. The quantitative estimate of drug-likeness (QED) is 0.878. The first-order valence-corrected chi connectivity index (χ1v) is 4.41. The lowest BCUT2D eigenvalue weighted by Crippen LogP contribution is -2.03. The summed E-state index contributed by atoms with van der Waals surface area (Å²) in [6.07, 6.45) is 0. The molecule has 0 radical (unpaired) electrons. The number of benzene rings is 1. The Bertz CT molecular complexity index is 423. The molecular weight excluding hydrogens is 250 g/mol. The van der Waals surface area contributed by atoms with Crippen LogP contribution in [0.25, 0.3) is 0 Å². The number of carboxylic acid groups (broad SMARTS) is 1. The molecule has 0 aliphatic heterocycles. The number of nitrogens with zero attached hydrogens (tertiary/aromatic N) is 1. The first-order valence-electron chi connectivity index (χ1n) is 3.61. The summed E-state index contributed by atoms with van der Waals surface area (Å²) >= 11 is 3.06. The molecule has 0 aliphatic rings. The third kappa shape index (κ3) is 1.70. The van der Waals surface area contributed by atoms with E-state index in [1.54, 1.807) is 6.07 Å². The Kier molecular flexibility index (Phi) is 3.10. The summed E-state index contributed by atoms with van der Waals surface area (Å²) in [7, 11) is 1.38. The molecule has 14 heavy (non-hydrogen) atoms. The molecule has 0 saturated carbocycles. The zero-order valence-electron chi connectivity index (χ0n) is 7.24. The highest BCUT2D eigenvalue weighted by molar-refractivity contribution is 9.10. The predicted molar refractivity (Wildman–Crippen MR) is 52.4 cm³/mol. The van der Waals surface area contributed by atoms with Crippen LogP contribution in [-0.4, -0.2) is 18.2 Å². The summed E-state index contributed by atoms with van der Waals surface area (Å²) in [6.45, 7) is 0. The second-order valence-corrected chi connectivity index (χ2v) is 3.27. The van der Waals surface area contributed by atoms with Crippen LogP contribution in [0.5, 0.6) is 5.75 Å². The van der Waals surface area contributed by atoms with E-state index >= 15 is 0 Å². The van der Waals surface area contributed by atoms with Gasteiger partial charge in [-0.2, -0.15) is 5.26 Å².